The first kappa shape index (κ1) is 22.1. The summed E-state index contributed by atoms with van der Waals surface area (Å²) >= 11 is 13.3. The van der Waals surface area contributed by atoms with Crippen LogP contribution in [-0.2, 0) is 6.54 Å². The molecule has 0 unspecified atom stereocenters. The maximum absolute atomic E-state index is 13.2. The number of nitrogens with one attached hydrogen (secondary N) is 1. The molecule has 0 bridgehead atoms. The van der Waals surface area contributed by atoms with Gasteiger partial charge in [-0.05, 0) is 49.4 Å². The minimum Gasteiger partial charge on any atom is -0.369 e. The van der Waals surface area contributed by atoms with Crippen molar-refractivity contribution in [3.63, 3.8) is 0 Å². The molecule has 5 nitrogen and oxygen atoms in total. The van der Waals surface area contributed by atoms with E-state index in [1.54, 1.807) is 4.90 Å². The van der Waals surface area contributed by atoms with Crippen molar-refractivity contribution in [3.8, 4) is 11.1 Å². The summed E-state index contributed by atoms with van der Waals surface area (Å²) in [5, 5.41) is 4.27. The molecule has 3 aromatic rings. The van der Waals surface area contributed by atoms with Gasteiger partial charge in [0.05, 0.1) is 16.4 Å². The fourth-order valence-electron chi connectivity index (χ4n) is 4.68. The highest BCUT2D eigenvalue weighted by Gasteiger charge is 2.31. The van der Waals surface area contributed by atoms with Crippen LogP contribution in [0.4, 0.5) is 21.9 Å². The van der Waals surface area contributed by atoms with Gasteiger partial charge in [0.2, 0.25) is 0 Å². The lowest BCUT2D eigenvalue weighted by molar-refractivity contribution is 0.247. The van der Waals surface area contributed by atoms with Gasteiger partial charge in [-0.15, -0.1) is 0 Å². The highest BCUT2D eigenvalue weighted by Crippen LogP contribution is 2.45. The van der Waals surface area contributed by atoms with Crippen LogP contribution in [0.5, 0.6) is 0 Å². The first-order chi connectivity index (χ1) is 15.9. The van der Waals surface area contributed by atoms with Gasteiger partial charge in [0.1, 0.15) is 0 Å². The highest BCUT2D eigenvalue weighted by atomic mass is 35.5. The second kappa shape index (κ2) is 8.90. The Morgan fingerprint density at radius 3 is 2.33 bits per heavy atom. The SMILES string of the molecule is Cc1cccc(Cl)c1N1C(=O)NCc2c(-c3ccccc3Cl)cc(N3CCN(C)CC3)cc21. The van der Waals surface area contributed by atoms with Gasteiger partial charge < -0.3 is 15.1 Å². The van der Waals surface area contributed by atoms with Gasteiger partial charge >= 0.3 is 6.03 Å². The van der Waals surface area contributed by atoms with Gasteiger partial charge in [0.15, 0.2) is 0 Å². The maximum Gasteiger partial charge on any atom is 0.326 e. The number of hydrogen-bond acceptors (Lipinski definition) is 3. The average Bonchev–Trinajstić information content (AvgIpc) is 2.80. The van der Waals surface area contributed by atoms with Crippen LogP contribution in [-0.4, -0.2) is 44.2 Å². The second-order valence-electron chi connectivity index (χ2n) is 8.66. The smallest absolute Gasteiger partial charge is 0.326 e. The normalized spacial score (nSPS) is 16.5. The van der Waals surface area contributed by atoms with E-state index in [-0.39, 0.29) is 6.03 Å². The molecule has 1 fully saturated rings. The lowest BCUT2D eigenvalue weighted by Gasteiger charge is -2.37. The van der Waals surface area contributed by atoms with Crippen LogP contribution < -0.4 is 15.1 Å². The number of aryl methyl sites for hydroxylation is 1. The van der Waals surface area contributed by atoms with E-state index in [0.29, 0.717) is 22.3 Å². The van der Waals surface area contributed by atoms with Gasteiger partial charge in [-0.25, -0.2) is 4.79 Å². The predicted molar refractivity (Wildman–Crippen MR) is 137 cm³/mol. The molecule has 33 heavy (non-hydrogen) atoms. The number of rotatable bonds is 3. The number of likely N-dealkylation sites (N-methyl/N-ethyl adjacent to an activating group) is 1. The number of urea groups is 1. The summed E-state index contributed by atoms with van der Waals surface area (Å²) in [4.78, 5) is 19.6. The lowest BCUT2D eigenvalue weighted by Crippen LogP contribution is -2.45. The van der Waals surface area contributed by atoms with E-state index < -0.39 is 0 Å². The topological polar surface area (TPSA) is 38.8 Å². The first-order valence-electron chi connectivity index (χ1n) is 11.1. The molecule has 7 heteroatoms. The Labute approximate surface area is 204 Å². The zero-order chi connectivity index (χ0) is 23.1. The Morgan fingerprint density at radius 1 is 0.879 bits per heavy atom. The Bertz CT molecular complexity index is 1200. The standard InChI is InChI=1S/C26H26Cl2N4O/c1-17-6-5-9-23(28)25(17)32-24-15-18(31-12-10-30(2)11-13-31)14-20(21(24)16-29-26(32)33)19-7-3-4-8-22(19)27/h3-9,14-15H,10-13,16H2,1-2H3,(H,29,33). The van der Waals surface area contributed by atoms with Crippen LogP contribution in [0.25, 0.3) is 11.1 Å². The molecule has 2 aliphatic rings. The van der Waals surface area contributed by atoms with E-state index in [9.17, 15) is 4.79 Å². The number of fused-ring (bicyclic) bond motifs is 1. The summed E-state index contributed by atoms with van der Waals surface area (Å²) in [7, 11) is 2.14. The molecule has 0 radical (unpaired) electrons. The number of benzene rings is 3. The zero-order valence-corrected chi connectivity index (χ0v) is 20.2. The molecule has 0 aromatic heterocycles. The molecule has 1 saturated heterocycles. The fraction of sp³-hybridized carbons (Fsp3) is 0.269. The second-order valence-corrected chi connectivity index (χ2v) is 9.48. The van der Waals surface area contributed by atoms with Crippen LogP contribution in [0.2, 0.25) is 10.0 Å². The minimum atomic E-state index is -0.181. The number of anilines is 3. The van der Waals surface area contributed by atoms with Gasteiger partial charge in [-0.3, -0.25) is 4.90 Å². The summed E-state index contributed by atoms with van der Waals surface area (Å²) in [6.07, 6.45) is 0. The number of carbonyl (C=O) groups excluding carboxylic acids is 1. The number of halogens is 2. The third-order valence-corrected chi connectivity index (χ3v) is 7.15. The van der Waals surface area contributed by atoms with Crippen LogP contribution in [0.3, 0.4) is 0 Å². The highest BCUT2D eigenvalue weighted by molar-refractivity contribution is 6.34. The summed E-state index contributed by atoms with van der Waals surface area (Å²) < 4.78 is 0. The van der Waals surface area contributed by atoms with E-state index in [2.05, 4.69) is 34.3 Å². The molecular weight excluding hydrogens is 455 g/mol. The number of carbonyl (C=O) groups is 1. The van der Waals surface area contributed by atoms with E-state index in [4.69, 9.17) is 23.2 Å². The van der Waals surface area contributed by atoms with Crippen molar-refractivity contribution in [2.75, 3.05) is 43.0 Å². The molecule has 2 aliphatic heterocycles. The third-order valence-electron chi connectivity index (χ3n) is 6.52. The van der Waals surface area contributed by atoms with E-state index in [1.165, 1.54) is 0 Å². The lowest BCUT2D eigenvalue weighted by atomic mass is 9.94. The maximum atomic E-state index is 13.2. The minimum absolute atomic E-state index is 0.181. The van der Waals surface area contributed by atoms with E-state index >= 15 is 0 Å². The largest absolute Gasteiger partial charge is 0.369 e. The number of piperazine rings is 1. The third kappa shape index (κ3) is 4.05. The summed E-state index contributed by atoms with van der Waals surface area (Å²) in [5.41, 5.74) is 6.59. The molecule has 1 N–H and O–H groups in total. The summed E-state index contributed by atoms with van der Waals surface area (Å²) in [6.45, 7) is 6.24. The van der Waals surface area contributed by atoms with E-state index in [1.807, 2.05) is 49.4 Å². The van der Waals surface area contributed by atoms with Crippen molar-refractivity contribution in [1.82, 2.24) is 10.2 Å². The van der Waals surface area contributed by atoms with Crippen LogP contribution in [0.1, 0.15) is 11.1 Å². The van der Waals surface area contributed by atoms with Gasteiger partial charge in [-0.2, -0.15) is 0 Å². The molecule has 3 aromatic carbocycles. The Kier molecular flexibility index (Phi) is 5.95. The molecule has 170 valence electrons. The van der Waals surface area contributed by atoms with Crippen molar-refractivity contribution in [3.05, 3.63) is 75.8 Å². The van der Waals surface area contributed by atoms with Crippen molar-refractivity contribution in [1.29, 1.82) is 0 Å². The molecule has 0 spiro atoms. The van der Waals surface area contributed by atoms with Gasteiger partial charge in [0.25, 0.3) is 0 Å². The van der Waals surface area contributed by atoms with Crippen LogP contribution >= 0.6 is 23.2 Å². The Hall–Kier alpha value is -2.73. The van der Waals surface area contributed by atoms with Crippen molar-refractivity contribution in [2.45, 2.75) is 13.5 Å². The van der Waals surface area contributed by atoms with Gasteiger partial charge in [0, 0.05) is 54.6 Å². The molecule has 2 amide bonds. The monoisotopic (exact) mass is 480 g/mol. The van der Waals surface area contributed by atoms with Crippen LogP contribution in [0, 0.1) is 6.92 Å². The zero-order valence-electron chi connectivity index (χ0n) is 18.7. The Balaban J connectivity index is 1.74. The van der Waals surface area contributed by atoms with E-state index in [0.717, 1.165) is 59.8 Å². The first-order valence-corrected chi connectivity index (χ1v) is 11.9. The average molecular weight is 481 g/mol. The number of hydrogen-bond donors (Lipinski definition) is 1. The summed E-state index contributed by atoms with van der Waals surface area (Å²) in [6, 6.07) is 17.7. The molecule has 0 saturated carbocycles. The number of nitrogens with zero attached hydrogens (tertiary/aromatic N) is 3. The molecular formula is C26H26Cl2N4O. The predicted octanol–water partition coefficient (Wildman–Crippen LogP) is 6.08. The molecule has 2 heterocycles. The summed E-state index contributed by atoms with van der Waals surface area (Å²) in [5.74, 6) is 0. The number of para-hydroxylation sites is 1. The van der Waals surface area contributed by atoms with Gasteiger partial charge in [-0.1, -0.05) is 53.5 Å². The quantitative estimate of drug-likeness (QED) is 0.493. The van der Waals surface area contributed by atoms with Crippen LogP contribution in [0.15, 0.2) is 54.6 Å². The van der Waals surface area contributed by atoms with Crippen molar-refractivity contribution < 1.29 is 4.79 Å². The molecule has 5 rings (SSSR count). The molecule has 0 aliphatic carbocycles. The Morgan fingerprint density at radius 2 is 1.61 bits per heavy atom. The van der Waals surface area contributed by atoms with Crippen molar-refractivity contribution >= 4 is 46.3 Å². The van der Waals surface area contributed by atoms with Crippen molar-refractivity contribution in [2.24, 2.45) is 0 Å². The number of amides is 2. The molecule has 0 atom stereocenters. The fourth-order valence-corrected chi connectivity index (χ4v) is 5.22.